The molecule has 1 unspecified atom stereocenters. The quantitative estimate of drug-likeness (QED) is 0.792. The van der Waals surface area contributed by atoms with Gasteiger partial charge in [0.05, 0.1) is 0 Å². The summed E-state index contributed by atoms with van der Waals surface area (Å²) in [5, 5.41) is 13.1. The summed E-state index contributed by atoms with van der Waals surface area (Å²) in [6, 6.07) is 4.26. The van der Waals surface area contributed by atoms with E-state index in [1.165, 1.54) is 0 Å². The molecule has 1 aliphatic rings. The molecule has 1 atom stereocenters. The van der Waals surface area contributed by atoms with Crippen LogP contribution in [0.3, 0.4) is 0 Å². The smallest absolute Gasteiger partial charge is 0.123 e. The largest absolute Gasteiger partial charge is 0.507 e. The highest BCUT2D eigenvalue weighted by molar-refractivity contribution is 9.10. The number of aromatic hydroxyl groups is 1. The molecular formula is C10H12BrNO. The maximum absolute atomic E-state index is 9.80. The molecule has 1 heterocycles. The third-order valence-electron chi connectivity index (χ3n) is 2.49. The minimum atomic E-state index is 0.344. The number of halogens is 1. The highest BCUT2D eigenvalue weighted by atomic mass is 79.9. The van der Waals surface area contributed by atoms with E-state index >= 15 is 0 Å². The van der Waals surface area contributed by atoms with Gasteiger partial charge in [-0.05, 0) is 37.6 Å². The van der Waals surface area contributed by atoms with Gasteiger partial charge in [-0.25, -0.2) is 0 Å². The van der Waals surface area contributed by atoms with E-state index in [4.69, 9.17) is 0 Å². The van der Waals surface area contributed by atoms with Gasteiger partial charge in [0.25, 0.3) is 0 Å². The van der Waals surface area contributed by atoms with E-state index in [1.54, 1.807) is 0 Å². The molecule has 1 aromatic carbocycles. The number of aryl methyl sites for hydroxylation is 1. The molecule has 2 N–H and O–H groups in total. The maximum atomic E-state index is 9.80. The molecule has 2 nitrogen and oxygen atoms in total. The Morgan fingerprint density at radius 1 is 1.54 bits per heavy atom. The topological polar surface area (TPSA) is 32.3 Å². The van der Waals surface area contributed by atoms with Crippen LogP contribution in [0, 0.1) is 6.92 Å². The van der Waals surface area contributed by atoms with Gasteiger partial charge in [0.2, 0.25) is 0 Å². The molecule has 0 saturated carbocycles. The summed E-state index contributed by atoms with van der Waals surface area (Å²) in [4.78, 5) is 0. The molecule has 1 aliphatic heterocycles. The van der Waals surface area contributed by atoms with Gasteiger partial charge in [-0.3, -0.25) is 0 Å². The molecule has 0 aromatic heterocycles. The molecule has 3 heteroatoms. The van der Waals surface area contributed by atoms with Gasteiger partial charge >= 0.3 is 0 Å². The summed E-state index contributed by atoms with van der Waals surface area (Å²) in [7, 11) is 0. The van der Waals surface area contributed by atoms with Crippen molar-refractivity contribution in [3.8, 4) is 5.75 Å². The lowest BCUT2D eigenvalue weighted by atomic mass is 9.95. The Bertz CT molecular complexity index is 334. The van der Waals surface area contributed by atoms with Crippen LogP contribution in [0.5, 0.6) is 5.75 Å². The Kier molecular flexibility index (Phi) is 2.30. The fourth-order valence-corrected chi connectivity index (χ4v) is 2.17. The monoisotopic (exact) mass is 241 g/mol. The van der Waals surface area contributed by atoms with Crippen LogP contribution in [-0.4, -0.2) is 11.7 Å². The standard InChI is InChI=1S/C10H12BrNO/c1-6-4-7(11)5-8(10(6)13)9-2-3-12-9/h4-5,9,12-13H,2-3H2,1H3. The molecule has 0 aliphatic carbocycles. The van der Waals surface area contributed by atoms with Gasteiger partial charge < -0.3 is 10.4 Å². The van der Waals surface area contributed by atoms with Crippen molar-refractivity contribution in [1.29, 1.82) is 0 Å². The van der Waals surface area contributed by atoms with E-state index in [-0.39, 0.29) is 0 Å². The van der Waals surface area contributed by atoms with E-state index in [9.17, 15) is 5.11 Å². The highest BCUT2D eigenvalue weighted by Crippen LogP contribution is 2.34. The van der Waals surface area contributed by atoms with E-state index in [1.807, 2.05) is 19.1 Å². The predicted molar refractivity (Wildman–Crippen MR) is 55.9 cm³/mol. The summed E-state index contributed by atoms with van der Waals surface area (Å²) >= 11 is 3.43. The van der Waals surface area contributed by atoms with Crippen molar-refractivity contribution in [1.82, 2.24) is 5.32 Å². The Hall–Kier alpha value is -0.540. The molecule has 70 valence electrons. The molecule has 13 heavy (non-hydrogen) atoms. The lowest BCUT2D eigenvalue weighted by molar-refractivity contribution is 0.363. The van der Waals surface area contributed by atoms with Crippen LogP contribution in [-0.2, 0) is 0 Å². The van der Waals surface area contributed by atoms with Gasteiger partial charge in [-0.1, -0.05) is 15.9 Å². The third kappa shape index (κ3) is 1.58. The minimum Gasteiger partial charge on any atom is -0.507 e. The van der Waals surface area contributed by atoms with Gasteiger partial charge in [0, 0.05) is 16.1 Å². The minimum absolute atomic E-state index is 0.344. The first kappa shape index (κ1) is 9.03. The predicted octanol–water partition coefficient (Wildman–Crippen LogP) is 2.50. The zero-order chi connectivity index (χ0) is 9.42. The number of phenols is 1. The van der Waals surface area contributed by atoms with Crippen molar-refractivity contribution >= 4 is 15.9 Å². The van der Waals surface area contributed by atoms with Crippen LogP contribution >= 0.6 is 15.9 Å². The van der Waals surface area contributed by atoms with E-state index < -0.39 is 0 Å². The lowest BCUT2D eigenvalue weighted by Crippen LogP contribution is -2.35. The molecule has 1 aromatic rings. The number of rotatable bonds is 1. The average Bonchev–Trinajstić information content (AvgIpc) is 1.95. The van der Waals surface area contributed by atoms with Gasteiger partial charge in [0.1, 0.15) is 5.75 Å². The van der Waals surface area contributed by atoms with Crippen molar-refractivity contribution in [3.05, 3.63) is 27.7 Å². The summed E-state index contributed by atoms with van der Waals surface area (Å²) in [6.07, 6.45) is 1.11. The van der Waals surface area contributed by atoms with Crippen LogP contribution in [0.4, 0.5) is 0 Å². The van der Waals surface area contributed by atoms with E-state index in [2.05, 4.69) is 21.2 Å². The molecule has 0 spiro atoms. The molecule has 2 rings (SSSR count). The third-order valence-corrected chi connectivity index (χ3v) is 2.95. The highest BCUT2D eigenvalue weighted by Gasteiger charge is 2.22. The Labute approximate surface area is 86.1 Å². The molecule has 0 amide bonds. The number of hydrogen-bond acceptors (Lipinski definition) is 2. The zero-order valence-electron chi connectivity index (χ0n) is 7.47. The van der Waals surface area contributed by atoms with E-state index in [0.29, 0.717) is 11.8 Å². The number of benzene rings is 1. The normalized spacial score (nSPS) is 21.2. The maximum Gasteiger partial charge on any atom is 0.123 e. The Morgan fingerprint density at radius 3 is 2.77 bits per heavy atom. The van der Waals surface area contributed by atoms with Crippen LogP contribution in [0.25, 0.3) is 0 Å². The summed E-state index contributed by atoms with van der Waals surface area (Å²) in [5.41, 5.74) is 1.94. The number of phenolic OH excluding ortho intramolecular Hbond substituents is 1. The first-order valence-electron chi connectivity index (χ1n) is 4.41. The van der Waals surface area contributed by atoms with Crippen molar-refractivity contribution in [2.45, 2.75) is 19.4 Å². The molecular weight excluding hydrogens is 230 g/mol. The summed E-state index contributed by atoms with van der Waals surface area (Å²) in [5.74, 6) is 0.431. The van der Waals surface area contributed by atoms with E-state index in [0.717, 1.165) is 28.6 Å². The average molecular weight is 242 g/mol. The first-order chi connectivity index (χ1) is 6.18. The van der Waals surface area contributed by atoms with Crippen molar-refractivity contribution in [2.24, 2.45) is 0 Å². The summed E-state index contributed by atoms with van der Waals surface area (Å²) in [6.45, 7) is 2.97. The Morgan fingerprint density at radius 2 is 2.23 bits per heavy atom. The van der Waals surface area contributed by atoms with Crippen LogP contribution < -0.4 is 5.32 Å². The second-order valence-electron chi connectivity index (χ2n) is 3.46. The second kappa shape index (κ2) is 3.31. The fraction of sp³-hybridized carbons (Fsp3) is 0.400. The van der Waals surface area contributed by atoms with Crippen molar-refractivity contribution in [3.63, 3.8) is 0 Å². The van der Waals surface area contributed by atoms with Crippen LogP contribution in [0.1, 0.15) is 23.6 Å². The molecule has 1 saturated heterocycles. The number of nitrogens with one attached hydrogen (secondary N) is 1. The van der Waals surface area contributed by atoms with Gasteiger partial charge in [-0.15, -0.1) is 0 Å². The van der Waals surface area contributed by atoms with Crippen LogP contribution in [0.15, 0.2) is 16.6 Å². The van der Waals surface area contributed by atoms with Gasteiger partial charge in [-0.2, -0.15) is 0 Å². The van der Waals surface area contributed by atoms with Crippen LogP contribution in [0.2, 0.25) is 0 Å². The SMILES string of the molecule is Cc1cc(Br)cc(C2CCN2)c1O. The lowest BCUT2D eigenvalue weighted by Gasteiger charge is -2.29. The number of hydrogen-bond donors (Lipinski definition) is 2. The second-order valence-corrected chi connectivity index (χ2v) is 4.37. The zero-order valence-corrected chi connectivity index (χ0v) is 9.06. The fourth-order valence-electron chi connectivity index (χ4n) is 1.58. The Balaban J connectivity index is 2.42. The molecule has 0 bridgehead atoms. The van der Waals surface area contributed by atoms with Crippen molar-refractivity contribution < 1.29 is 5.11 Å². The summed E-state index contributed by atoms with van der Waals surface area (Å²) < 4.78 is 1.03. The molecule has 0 radical (unpaired) electrons. The molecule has 1 fully saturated rings. The first-order valence-corrected chi connectivity index (χ1v) is 5.20. The van der Waals surface area contributed by atoms with Gasteiger partial charge in [0.15, 0.2) is 0 Å². The van der Waals surface area contributed by atoms with Crippen molar-refractivity contribution in [2.75, 3.05) is 6.54 Å².